The molecule has 0 saturated carbocycles. The molecule has 0 aromatic heterocycles. The molecule has 0 radical (unpaired) electrons. The fourth-order valence-electron chi connectivity index (χ4n) is 1.31. The lowest BCUT2D eigenvalue weighted by molar-refractivity contribution is -0.394. The predicted octanol–water partition coefficient (Wildman–Crippen LogP) is 2.18. The normalized spacial score (nSPS) is 9.19. The van der Waals surface area contributed by atoms with Crippen molar-refractivity contribution in [3.8, 4) is 5.75 Å². The number of hydrazine groups is 1. The Bertz CT molecular complexity index is 633. The summed E-state index contributed by atoms with van der Waals surface area (Å²) in [6, 6.07) is 12.2. The number of nitro benzene ring substituents is 2. The first kappa shape index (κ1) is 15.9. The molecule has 0 aliphatic rings. The molecule has 0 fully saturated rings. The number of nitrogen functional groups attached to an aromatic ring is 1. The van der Waals surface area contributed by atoms with Crippen molar-refractivity contribution in [2.75, 3.05) is 5.43 Å². The summed E-state index contributed by atoms with van der Waals surface area (Å²) in [5, 5.41) is 29.3. The van der Waals surface area contributed by atoms with E-state index in [0.717, 1.165) is 17.8 Å². The molecule has 0 bridgehead atoms. The minimum atomic E-state index is -0.887. The highest BCUT2D eigenvalue weighted by Crippen LogP contribution is 2.29. The van der Waals surface area contributed by atoms with E-state index in [-0.39, 0.29) is 0 Å². The number of para-hydroxylation sites is 1. The van der Waals surface area contributed by atoms with E-state index < -0.39 is 27.0 Å². The molecule has 9 nitrogen and oxygen atoms in total. The summed E-state index contributed by atoms with van der Waals surface area (Å²) in [6.07, 6.45) is 0. The lowest BCUT2D eigenvalue weighted by Crippen LogP contribution is -2.05. The summed E-state index contributed by atoms with van der Waals surface area (Å²) in [5.74, 6) is 4.51. The third-order valence-electron chi connectivity index (χ3n) is 2.31. The maximum atomic E-state index is 10.2. The minimum absolute atomic E-state index is 0.426. The Labute approximate surface area is 118 Å². The SMILES string of the molecule is NNc1ccccc1.O=[N+]([O-])c1ccc(O)c([N+](=O)[O-])c1. The molecule has 4 N–H and O–H groups in total. The molecule has 0 atom stereocenters. The van der Waals surface area contributed by atoms with Crippen LogP contribution in [-0.4, -0.2) is 15.0 Å². The Morgan fingerprint density at radius 2 is 1.62 bits per heavy atom. The largest absolute Gasteiger partial charge is 0.502 e. The van der Waals surface area contributed by atoms with E-state index >= 15 is 0 Å². The van der Waals surface area contributed by atoms with Crippen LogP contribution in [0.4, 0.5) is 17.1 Å². The van der Waals surface area contributed by atoms with Crippen molar-refractivity contribution in [3.05, 3.63) is 68.8 Å². The van der Waals surface area contributed by atoms with Crippen LogP contribution < -0.4 is 11.3 Å². The van der Waals surface area contributed by atoms with Crippen LogP contribution in [0.1, 0.15) is 0 Å². The van der Waals surface area contributed by atoms with E-state index in [1.165, 1.54) is 0 Å². The number of nitro groups is 2. The first-order valence-electron chi connectivity index (χ1n) is 5.59. The van der Waals surface area contributed by atoms with E-state index in [9.17, 15) is 20.2 Å². The highest BCUT2D eigenvalue weighted by atomic mass is 16.6. The van der Waals surface area contributed by atoms with Crippen molar-refractivity contribution in [2.24, 2.45) is 5.84 Å². The summed E-state index contributed by atoms with van der Waals surface area (Å²) in [6.45, 7) is 0. The molecular weight excluding hydrogens is 280 g/mol. The first-order valence-corrected chi connectivity index (χ1v) is 5.59. The average molecular weight is 292 g/mol. The van der Waals surface area contributed by atoms with Gasteiger partial charge in [-0.25, -0.2) is 0 Å². The van der Waals surface area contributed by atoms with Gasteiger partial charge in [-0.1, -0.05) is 18.2 Å². The van der Waals surface area contributed by atoms with Crippen LogP contribution >= 0.6 is 0 Å². The summed E-state index contributed by atoms with van der Waals surface area (Å²) in [7, 11) is 0. The number of rotatable bonds is 3. The summed E-state index contributed by atoms with van der Waals surface area (Å²) < 4.78 is 0. The van der Waals surface area contributed by atoms with Crippen molar-refractivity contribution in [1.82, 2.24) is 0 Å². The van der Waals surface area contributed by atoms with E-state index in [1.54, 1.807) is 0 Å². The van der Waals surface area contributed by atoms with Crippen molar-refractivity contribution in [1.29, 1.82) is 0 Å². The molecule has 2 aromatic carbocycles. The number of benzene rings is 2. The highest BCUT2D eigenvalue weighted by molar-refractivity contribution is 5.52. The molecule has 9 heteroatoms. The van der Waals surface area contributed by atoms with Gasteiger partial charge in [-0.3, -0.25) is 26.1 Å². The molecule has 0 heterocycles. The van der Waals surface area contributed by atoms with E-state index in [0.29, 0.717) is 6.07 Å². The van der Waals surface area contributed by atoms with Crippen molar-refractivity contribution in [3.63, 3.8) is 0 Å². The number of hydrogen-bond donors (Lipinski definition) is 3. The second kappa shape index (κ2) is 7.40. The van der Waals surface area contributed by atoms with Crippen LogP contribution in [0.5, 0.6) is 5.75 Å². The minimum Gasteiger partial charge on any atom is -0.502 e. The number of phenols is 1. The van der Waals surface area contributed by atoms with Gasteiger partial charge in [0.1, 0.15) is 0 Å². The van der Waals surface area contributed by atoms with Crippen LogP contribution in [0, 0.1) is 20.2 Å². The lowest BCUT2D eigenvalue weighted by atomic mass is 10.2. The van der Waals surface area contributed by atoms with Gasteiger partial charge in [0, 0.05) is 11.8 Å². The third kappa shape index (κ3) is 4.76. The zero-order chi connectivity index (χ0) is 15.8. The molecule has 0 amide bonds. The molecule has 0 unspecified atom stereocenters. The van der Waals surface area contributed by atoms with Gasteiger partial charge in [-0.2, -0.15) is 0 Å². The van der Waals surface area contributed by atoms with E-state index in [4.69, 9.17) is 10.9 Å². The van der Waals surface area contributed by atoms with Gasteiger partial charge in [-0.05, 0) is 18.2 Å². The maximum absolute atomic E-state index is 10.2. The number of phenolic OH excluding ortho intramolecular Hbond substituents is 1. The second-order valence-electron chi connectivity index (χ2n) is 3.70. The first-order chi connectivity index (χ1) is 9.95. The third-order valence-corrected chi connectivity index (χ3v) is 2.31. The molecule has 0 aliphatic carbocycles. The number of aromatic hydroxyl groups is 1. The fraction of sp³-hybridized carbons (Fsp3) is 0. The summed E-state index contributed by atoms with van der Waals surface area (Å²) >= 11 is 0. The van der Waals surface area contributed by atoms with Gasteiger partial charge in [0.25, 0.3) is 5.69 Å². The molecule has 0 aliphatic heterocycles. The molecule has 110 valence electrons. The zero-order valence-electron chi connectivity index (χ0n) is 10.7. The molecule has 21 heavy (non-hydrogen) atoms. The number of anilines is 1. The maximum Gasteiger partial charge on any atom is 0.317 e. The number of nitrogens with zero attached hydrogens (tertiary/aromatic N) is 2. The summed E-state index contributed by atoms with van der Waals surface area (Å²) in [4.78, 5) is 18.7. The standard InChI is InChI=1S/C6H4N2O5.C6H8N2/c9-6-2-1-4(7(10)11)3-5(6)8(12)13;7-8-6-4-2-1-3-5-6/h1-3,9H;1-5,8H,7H2. The van der Waals surface area contributed by atoms with Crippen LogP contribution in [0.25, 0.3) is 0 Å². The van der Waals surface area contributed by atoms with Gasteiger partial charge < -0.3 is 10.5 Å². The van der Waals surface area contributed by atoms with E-state index in [1.807, 2.05) is 30.3 Å². The molecule has 2 rings (SSSR count). The van der Waals surface area contributed by atoms with Crippen LogP contribution in [0.3, 0.4) is 0 Å². The second-order valence-corrected chi connectivity index (χ2v) is 3.70. The Kier molecular flexibility index (Phi) is 5.59. The van der Waals surface area contributed by atoms with Gasteiger partial charge in [0.15, 0.2) is 5.75 Å². The summed E-state index contributed by atoms with van der Waals surface area (Å²) in [5.41, 5.74) is 2.37. The van der Waals surface area contributed by atoms with E-state index in [2.05, 4.69) is 5.43 Å². The number of nitrogens with two attached hydrogens (primary N) is 1. The highest BCUT2D eigenvalue weighted by Gasteiger charge is 2.18. The van der Waals surface area contributed by atoms with Gasteiger partial charge in [-0.15, -0.1) is 0 Å². The van der Waals surface area contributed by atoms with Gasteiger partial charge in [0.05, 0.1) is 15.9 Å². The number of nitrogens with one attached hydrogen (secondary N) is 1. The quantitative estimate of drug-likeness (QED) is 0.446. The smallest absolute Gasteiger partial charge is 0.317 e. The molecular formula is C12H12N4O5. The van der Waals surface area contributed by atoms with Gasteiger partial charge >= 0.3 is 5.69 Å². The van der Waals surface area contributed by atoms with Gasteiger partial charge in [0.2, 0.25) is 0 Å². The Balaban J connectivity index is 0.000000235. The van der Waals surface area contributed by atoms with Crippen LogP contribution in [0.2, 0.25) is 0 Å². The Hall–Kier alpha value is -3.20. The Morgan fingerprint density at radius 3 is 2.05 bits per heavy atom. The fourth-order valence-corrected chi connectivity index (χ4v) is 1.31. The topological polar surface area (TPSA) is 145 Å². The predicted molar refractivity (Wildman–Crippen MR) is 75.7 cm³/mol. The number of non-ortho nitro benzene ring substituents is 1. The van der Waals surface area contributed by atoms with Crippen molar-refractivity contribution >= 4 is 17.1 Å². The van der Waals surface area contributed by atoms with Crippen molar-refractivity contribution < 1.29 is 15.0 Å². The molecule has 2 aromatic rings. The van der Waals surface area contributed by atoms with Crippen molar-refractivity contribution in [2.45, 2.75) is 0 Å². The lowest BCUT2D eigenvalue weighted by Gasteiger charge is -1.94. The number of hydrogen-bond acceptors (Lipinski definition) is 7. The average Bonchev–Trinajstić information content (AvgIpc) is 2.48. The zero-order valence-corrected chi connectivity index (χ0v) is 10.7. The monoisotopic (exact) mass is 292 g/mol. The molecule has 0 saturated heterocycles. The molecule has 0 spiro atoms. The van der Waals surface area contributed by atoms with Crippen LogP contribution in [-0.2, 0) is 0 Å². The van der Waals surface area contributed by atoms with Crippen LogP contribution in [0.15, 0.2) is 48.5 Å². The Morgan fingerprint density at radius 1 is 1.00 bits per heavy atom.